The lowest BCUT2D eigenvalue weighted by atomic mass is 9.95. The summed E-state index contributed by atoms with van der Waals surface area (Å²) in [5, 5.41) is 3.53. The van der Waals surface area contributed by atoms with Crippen LogP contribution in [0.25, 0.3) is 0 Å². The first-order valence-corrected chi connectivity index (χ1v) is 11.1. The maximum Gasteiger partial charge on any atom is 0.223 e. The molecule has 0 radical (unpaired) electrons. The van der Waals surface area contributed by atoms with Crippen molar-refractivity contribution in [3.63, 3.8) is 0 Å². The zero-order valence-electron chi connectivity index (χ0n) is 17.5. The molecule has 1 aliphatic rings. The molecule has 4 nitrogen and oxygen atoms in total. The number of carbonyl (C=O) groups excluding carboxylic acids is 1. The summed E-state index contributed by atoms with van der Waals surface area (Å²) in [5.41, 5.74) is 1.78. The second-order valence-electron chi connectivity index (χ2n) is 7.72. The molecule has 2 aromatic rings. The Hall–Kier alpha value is -2.11. The highest BCUT2D eigenvalue weighted by Crippen LogP contribution is 2.24. The van der Waals surface area contributed by atoms with Gasteiger partial charge in [-0.3, -0.25) is 9.69 Å². The molecule has 162 valence electrons. The van der Waals surface area contributed by atoms with Crippen LogP contribution in [-0.4, -0.2) is 37.0 Å². The summed E-state index contributed by atoms with van der Waals surface area (Å²) in [6.45, 7) is 5.35. The van der Waals surface area contributed by atoms with Gasteiger partial charge in [0, 0.05) is 29.6 Å². The number of aryl methyl sites for hydroxylation is 1. The molecule has 1 amide bonds. The molecule has 0 aromatic heterocycles. The Morgan fingerprint density at radius 3 is 2.60 bits per heavy atom. The van der Waals surface area contributed by atoms with E-state index in [4.69, 9.17) is 16.3 Å². The number of amides is 1. The SMILES string of the molecule is CCOc1ccc(CCCNC(=O)C2CCN(Cc3c(F)cccc3Cl)CC2)cc1. The highest BCUT2D eigenvalue weighted by molar-refractivity contribution is 6.31. The fourth-order valence-corrected chi connectivity index (χ4v) is 4.05. The van der Waals surface area contributed by atoms with Gasteiger partial charge in [0.05, 0.1) is 6.61 Å². The standard InChI is InChI=1S/C24H30ClFN2O2/c1-2-30-20-10-8-18(9-11-20)5-4-14-27-24(29)19-12-15-28(16-13-19)17-21-22(25)6-3-7-23(21)26/h3,6-11,19H,2,4-5,12-17H2,1H3,(H,27,29). The fourth-order valence-electron chi connectivity index (χ4n) is 3.83. The molecule has 30 heavy (non-hydrogen) atoms. The first-order valence-electron chi connectivity index (χ1n) is 10.7. The number of nitrogens with zero attached hydrogens (tertiary/aromatic N) is 1. The van der Waals surface area contributed by atoms with E-state index in [1.807, 2.05) is 19.1 Å². The number of benzene rings is 2. The lowest BCUT2D eigenvalue weighted by Gasteiger charge is -2.31. The van der Waals surface area contributed by atoms with Crippen molar-refractivity contribution in [2.75, 3.05) is 26.2 Å². The van der Waals surface area contributed by atoms with Crippen LogP contribution in [-0.2, 0) is 17.8 Å². The molecule has 0 unspecified atom stereocenters. The van der Waals surface area contributed by atoms with Crippen LogP contribution in [0.3, 0.4) is 0 Å². The van der Waals surface area contributed by atoms with E-state index in [9.17, 15) is 9.18 Å². The summed E-state index contributed by atoms with van der Waals surface area (Å²) in [6.07, 6.45) is 3.41. The molecule has 1 aliphatic heterocycles. The molecule has 0 atom stereocenters. The predicted molar refractivity (Wildman–Crippen MR) is 118 cm³/mol. The lowest BCUT2D eigenvalue weighted by molar-refractivity contribution is -0.126. The number of halogens is 2. The summed E-state index contributed by atoms with van der Waals surface area (Å²) in [4.78, 5) is 14.6. The summed E-state index contributed by atoms with van der Waals surface area (Å²) < 4.78 is 19.4. The molecule has 1 N–H and O–H groups in total. The number of nitrogens with one attached hydrogen (secondary N) is 1. The minimum Gasteiger partial charge on any atom is -0.494 e. The Bertz CT molecular complexity index is 800. The highest BCUT2D eigenvalue weighted by atomic mass is 35.5. The van der Waals surface area contributed by atoms with Crippen molar-refractivity contribution in [1.82, 2.24) is 10.2 Å². The third-order valence-corrected chi connectivity index (χ3v) is 5.93. The third kappa shape index (κ3) is 6.44. The van der Waals surface area contributed by atoms with Crippen molar-refractivity contribution in [1.29, 1.82) is 0 Å². The van der Waals surface area contributed by atoms with Crippen LogP contribution < -0.4 is 10.1 Å². The number of hydrogen-bond acceptors (Lipinski definition) is 3. The molecular weight excluding hydrogens is 403 g/mol. The monoisotopic (exact) mass is 432 g/mol. The van der Waals surface area contributed by atoms with Gasteiger partial charge in [-0.25, -0.2) is 4.39 Å². The normalized spacial score (nSPS) is 15.2. The van der Waals surface area contributed by atoms with Crippen LogP contribution in [0.15, 0.2) is 42.5 Å². The van der Waals surface area contributed by atoms with Crippen molar-refractivity contribution in [3.05, 3.63) is 64.4 Å². The molecule has 1 heterocycles. The van der Waals surface area contributed by atoms with Crippen LogP contribution in [0.4, 0.5) is 4.39 Å². The van der Waals surface area contributed by atoms with Crippen molar-refractivity contribution < 1.29 is 13.9 Å². The fraction of sp³-hybridized carbons (Fsp3) is 0.458. The Labute approximate surface area is 183 Å². The van der Waals surface area contributed by atoms with E-state index in [2.05, 4.69) is 22.3 Å². The van der Waals surface area contributed by atoms with Crippen LogP contribution in [0.2, 0.25) is 5.02 Å². The quantitative estimate of drug-likeness (QED) is 0.576. The minimum atomic E-state index is -0.269. The maximum atomic E-state index is 14.0. The molecule has 6 heteroatoms. The lowest BCUT2D eigenvalue weighted by Crippen LogP contribution is -2.40. The van der Waals surface area contributed by atoms with E-state index in [1.165, 1.54) is 11.6 Å². The zero-order chi connectivity index (χ0) is 21.3. The van der Waals surface area contributed by atoms with Gasteiger partial charge < -0.3 is 10.1 Å². The van der Waals surface area contributed by atoms with Crippen molar-refractivity contribution in [2.45, 2.75) is 39.2 Å². The van der Waals surface area contributed by atoms with Crippen LogP contribution >= 0.6 is 11.6 Å². The summed E-state index contributed by atoms with van der Waals surface area (Å²) in [7, 11) is 0. The predicted octanol–water partition coefficient (Wildman–Crippen LogP) is 4.84. The van der Waals surface area contributed by atoms with Crippen molar-refractivity contribution >= 4 is 17.5 Å². The molecule has 0 bridgehead atoms. The molecule has 0 saturated carbocycles. The van der Waals surface area contributed by atoms with E-state index in [1.54, 1.807) is 12.1 Å². The average Bonchev–Trinajstić information content (AvgIpc) is 2.75. The average molecular weight is 433 g/mol. The molecule has 1 fully saturated rings. The number of ether oxygens (including phenoxy) is 1. The van der Waals surface area contributed by atoms with Crippen LogP contribution in [0.1, 0.15) is 37.3 Å². The number of carbonyl (C=O) groups is 1. The largest absolute Gasteiger partial charge is 0.494 e. The van der Waals surface area contributed by atoms with Gasteiger partial charge in [-0.15, -0.1) is 0 Å². The number of hydrogen-bond donors (Lipinski definition) is 1. The first-order chi connectivity index (χ1) is 14.6. The number of rotatable bonds is 9. The highest BCUT2D eigenvalue weighted by Gasteiger charge is 2.25. The van der Waals surface area contributed by atoms with Gasteiger partial charge in [0.15, 0.2) is 0 Å². The van der Waals surface area contributed by atoms with Crippen LogP contribution in [0, 0.1) is 11.7 Å². The Kier molecular flexibility index (Phi) is 8.52. The summed E-state index contributed by atoms with van der Waals surface area (Å²) in [5.74, 6) is 0.779. The second-order valence-corrected chi connectivity index (χ2v) is 8.13. The van der Waals surface area contributed by atoms with Gasteiger partial charge in [-0.2, -0.15) is 0 Å². The molecular formula is C24H30ClFN2O2. The zero-order valence-corrected chi connectivity index (χ0v) is 18.3. The first kappa shape index (κ1) is 22.6. The minimum absolute atomic E-state index is 0.0304. The molecule has 0 spiro atoms. The number of likely N-dealkylation sites (tertiary alicyclic amines) is 1. The third-order valence-electron chi connectivity index (χ3n) is 5.58. The Morgan fingerprint density at radius 1 is 1.20 bits per heavy atom. The van der Waals surface area contributed by atoms with E-state index < -0.39 is 0 Å². The number of piperidine rings is 1. The van der Waals surface area contributed by atoms with Crippen molar-refractivity contribution in [3.8, 4) is 5.75 Å². The van der Waals surface area contributed by atoms with E-state index >= 15 is 0 Å². The molecule has 2 aromatic carbocycles. The van der Waals surface area contributed by atoms with Gasteiger partial charge in [0.25, 0.3) is 0 Å². The Morgan fingerprint density at radius 2 is 1.93 bits per heavy atom. The van der Waals surface area contributed by atoms with E-state index in [-0.39, 0.29) is 17.6 Å². The van der Waals surface area contributed by atoms with E-state index in [0.717, 1.165) is 44.5 Å². The second kappa shape index (κ2) is 11.3. The van der Waals surface area contributed by atoms with Gasteiger partial charge >= 0.3 is 0 Å². The summed E-state index contributed by atoms with van der Waals surface area (Å²) in [6, 6.07) is 12.9. The topological polar surface area (TPSA) is 41.6 Å². The maximum absolute atomic E-state index is 14.0. The summed E-state index contributed by atoms with van der Waals surface area (Å²) >= 11 is 6.13. The smallest absolute Gasteiger partial charge is 0.223 e. The molecule has 1 saturated heterocycles. The van der Waals surface area contributed by atoms with Gasteiger partial charge in [-0.1, -0.05) is 29.8 Å². The molecule has 3 rings (SSSR count). The Balaban J connectivity index is 1.35. The van der Waals surface area contributed by atoms with Gasteiger partial charge in [0.1, 0.15) is 11.6 Å². The van der Waals surface area contributed by atoms with E-state index in [0.29, 0.717) is 30.3 Å². The van der Waals surface area contributed by atoms with Gasteiger partial charge in [-0.05, 0) is 75.5 Å². The molecule has 0 aliphatic carbocycles. The van der Waals surface area contributed by atoms with Crippen LogP contribution in [0.5, 0.6) is 5.75 Å². The van der Waals surface area contributed by atoms with Gasteiger partial charge in [0.2, 0.25) is 5.91 Å². The van der Waals surface area contributed by atoms with Crippen molar-refractivity contribution in [2.24, 2.45) is 5.92 Å².